The standard InChI is InChI=1S/C15H13FO2/c16-12-7-11(8-13(17)9-12)10-1-3-14(4-2-10)18-15-5-6-15/h1-4,7-9,15,17H,5-6H2. The second kappa shape index (κ2) is 4.33. The lowest BCUT2D eigenvalue weighted by atomic mass is 10.1. The lowest BCUT2D eigenvalue weighted by Gasteiger charge is -2.06. The van der Waals surface area contributed by atoms with E-state index in [4.69, 9.17) is 4.74 Å². The first-order valence-corrected chi connectivity index (χ1v) is 5.97. The highest BCUT2D eigenvalue weighted by Gasteiger charge is 2.23. The Morgan fingerprint density at radius 3 is 2.33 bits per heavy atom. The van der Waals surface area contributed by atoms with Gasteiger partial charge in [0.1, 0.15) is 17.3 Å². The first kappa shape index (κ1) is 11.1. The van der Waals surface area contributed by atoms with Gasteiger partial charge >= 0.3 is 0 Å². The van der Waals surface area contributed by atoms with E-state index < -0.39 is 5.82 Å². The van der Waals surface area contributed by atoms with Crippen molar-refractivity contribution < 1.29 is 14.2 Å². The van der Waals surface area contributed by atoms with Crippen LogP contribution in [0.1, 0.15) is 12.8 Å². The number of rotatable bonds is 3. The molecule has 0 bridgehead atoms. The van der Waals surface area contributed by atoms with Crippen LogP contribution in [-0.2, 0) is 0 Å². The van der Waals surface area contributed by atoms with E-state index in [0.29, 0.717) is 11.7 Å². The second-order valence-corrected chi connectivity index (χ2v) is 4.54. The molecule has 1 N–H and O–H groups in total. The zero-order valence-electron chi connectivity index (χ0n) is 9.77. The minimum Gasteiger partial charge on any atom is -0.508 e. The molecule has 92 valence electrons. The molecule has 0 unspecified atom stereocenters. The van der Waals surface area contributed by atoms with Crippen molar-refractivity contribution in [1.82, 2.24) is 0 Å². The molecule has 1 aliphatic carbocycles. The third-order valence-electron chi connectivity index (χ3n) is 2.90. The van der Waals surface area contributed by atoms with Crippen molar-refractivity contribution >= 4 is 0 Å². The fourth-order valence-corrected chi connectivity index (χ4v) is 1.85. The predicted octanol–water partition coefficient (Wildman–Crippen LogP) is 3.74. The van der Waals surface area contributed by atoms with Crippen molar-refractivity contribution in [2.45, 2.75) is 18.9 Å². The van der Waals surface area contributed by atoms with E-state index >= 15 is 0 Å². The number of aromatic hydroxyl groups is 1. The van der Waals surface area contributed by atoms with Crippen LogP contribution in [0.25, 0.3) is 11.1 Å². The van der Waals surface area contributed by atoms with E-state index in [-0.39, 0.29) is 5.75 Å². The molecule has 0 amide bonds. The van der Waals surface area contributed by atoms with Gasteiger partial charge in [-0.15, -0.1) is 0 Å². The second-order valence-electron chi connectivity index (χ2n) is 4.54. The van der Waals surface area contributed by atoms with Gasteiger partial charge in [0.25, 0.3) is 0 Å². The van der Waals surface area contributed by atoms with E-state index in [1.807, 2.05) is 24.3 Å². The zero-order valence-corrected chi connectivity index (χ0v) is 9.77. The molecule has 0 heterocycles. The van der Waals surface area contributed by atoms with Crippen molar-refractivity contribution in [2.24, 2.45) is 0 Å². The molecule has 3 rings (SSSR count). The van der Waals surface area contributed by atoms with E-state index in [0.717, 1.165) is 30.2 Å². The highest BCUT2D eigenvalue weighted by Crippen LogP contribution is 2.30. The van der Waals surface area contributed by atoms with Crippen LogP contribution in [0.4, 0.5) is 4.39 Å². The van der Waals surface area contributed by atoms with Gasteiger partial charge in [0.15, 0.2) is 0 Å². The smallest absolute Gasteiger partial charge is 0.127 e. The van der Waals surface area contributed by atoms with E-state index in [2.05, 4.69) is 0 Å². The Morgan fingerprint density at radius 1 is 1.00 bits per heavy atom. The first-order chi connectivity index (χ1) is 8.70. The topological polar surface area (TPSA) is 29.5 Å². The molecular weight excluding hydrogens is 231 g/mol. The van der Waals surface area contributed by atoms with Crippen LogP contribution in [-0.4, -0.2) is 11.2 Å². The quantitative estimate of drug-likeness (QED) is 0.891. The Balaban J connectivity index is 1.86. The molecule has 0 aliphatic heterocycles. The highest BCUT2D eigenvalue weighted by molar-refractivity contribution is 5.65. The minimum absolute atomic E-state index is 0.0664. The summed E-state index contributed by atoms with van der Waals surface area (Å²) in [6.45, 7) is 0. The Labute approximate surface area is 105 Å². The molecule has 2 nitrogen and oxygen atoms in total. The maximum absolute atomic E-state index is 13.2. The van der Waals surface area contributed by atoms with Crippen molar-refractivity contribution in [3.63, 3.8) is 0 Å². The molecule has 1 fully saturated rings. The monoisotopic (exact) mass is 244 g/mol. The number of halogens is 1. The molecule has 0 radical (unpaired) electrons. The Morgan fingerprint density at radius 2 is 1.72 bits per heavy atom. The van der Waals surface area contributed by atoms with Gasteiger partial charge in [0, 0.05) is 6.07 Å². The average molecular weight is 244 g/mol. The summed E-state index contributed by atoms with van der Waals surface area (Å²) in [5, 5.41) is 9.37. The summed E-state index contributed by atoms with van der Waals surface area (Å²) in [4.78, 5) is 0. The van der Waals surface area contributed by atoms with Crippen LogP contribution in [0.5, 0.6) is 11.5 Å². The van der Waals surface area contributed by atoms with E-state index in [1.54, 1.807) is 6.07 Å². The number of hydrogen-bond donors (Lipinski definition) is 1. The van der Waals surface area contributed by atoms with E-state index in [9.17, 15) is 9.50 Å². The summed E-state index contributed by atoms with van der Waals surface area (Å²) in [7, 11) is 0. The average Bonchev–Trinajstić information content (AvgIpc) is 3.12. The summed E-state index contributed by atoms with van der Waals surface area (Å²) >= 11 is 0. The van der Waals surface area contributed by atoms with Gasteiger partial charge in [-0.1, -0.05) is 12.1 Å². The summed E-state index contributed by atoms with van der Waals surface area (Å²) in [6.07, 6.45) is 2.62. The van der Waals surface area contributed by atoms with Gasteiger partial charge in [-0.3, -0.25) is 0 Å². The number of phenols is 1. The van der Waals surface area contributed by atoms with Crippen molar-refractivity contribution in [3.05, 3.63) is 48.3 Å². The zero-order chi connectivity index (χ0) is 12.5. The van der Waals surface area contributed by atoms with Gasteiger partial charge in [-0.25, -0.2) is 4.39 Å². The van der Waals surface area contributed by atoms with Crippen molar-refractivity contribution in [1.29, 1.82) is 0 Å². The van der Waals surface area contributed by atoms with Crippen LogP contribution in [0.3, 0.4) is 0 Å². The summed E-state index contributed by atoms with van der Waals surface area (Å²) in [5.74, 6) is 0.327. The number of benzene rings is 2. The fourth-order valence-electron chi connectivity index (χ4n) is 1.85. The molecule has 2 aromatic carbocycles. The molecule has 2 aromatic rings. The largest absolute Gasteiger partial charge is 0.508 e. The molecule has 18 heavy (non-hydrogen) atoms. The predicted molar refractivity (Wildman–Crippen MR) is 67.2 cm³/mol. The third kappa shape index (κ3) is 2.45. The SMILES string of the molecule is Oc1cc(F)cc(-c2ccc(OC3CC3)cc2)c1. The maximum atomic E-state index is 13.2. The summed E-state index contributed by atoms with van der Waals surface area (Å²) in [6, 6.07) is 11.5. The Hall–Kier alpha value is -2.03. The Kier molecular flexibility index (Phi) is 2.67. The number of ether oxygens (including phenoxy) is 1. The van der Waals surface area contributed by atoms with Crippen LogP contribution in [0, 0.1) is 5.82 Å². The van der Waals surface area contributed by atoms with Gasteiger partial charge < -0.3 is 9.84 Å². The molecule has 0 saturated heterocycles. The molecule has 0 spiro atoms. The summed E-state index contributed by atoms with van der Waals surface area (Å²) < 4.78 is 18.8. The Bertz CT molecular complexity index is 539. The number of phenolic OH excluding ortho intramolecular Hbond substituents is 1. The molecule has 1 aliphatic rings. The van der Waals surface area contributed by atoms with Crippen molar-refractivity contribution in [3.8, 4) is 22.6 Å². The normalized spacial score (nSPS) is 14.5. The maximum Gasteiger partial charge on any atom is 0.127 e. The molecule has 3 heteroatoms. The third-order valence-corrected chi connectivity index (χ3v) is 2.90. The van der Waals surface area contributed by atoms with Crippen LogP contribution in [0.2, 0.25) is 0 Å². The van der Waals surface area contributed by atoms with Crippen LogP contribution >= 0.6 is 0 Å². The highest BCUT2D eigenvalue weighted by atomic mass is 19.1. The van der Waals surface area contributed by atoms with Gasteiger partial charge in [-0.2, -0.15) is 0 Å². The van der Waals surface area contributed by atoms with Crippen molar-refractivity contribution in [2.75, 3.05) is 0 Å². The number of hydrogen-bond acceptors (Lipinski definition) is 2. The molecular formula is C15H13FO2. The van der Waals surface area contributed by atoms with Crippen LogP contribution in [0.15, 0.2) is 42.5 Å². The minimum atomic E-state index is -0.441. The lowest BCUT2D eigenvalue weighted by Crippen LogP contribution is -1.95. The summed E-state index contributed by atoms with van der Waals surface area (Å²) in [5.41, 5.74) is 1.51. The van der Waals surface area contributed by atoms with E-state index in [1.165, 1.54) is 6.07 Å². The molecule has 1 saturated carbocycles. The van der Waals surface area contributed by atoms with Gasteiger partial charge in [0.05, 0.1) is 6.10 Å². The fraction of sp³-hybridized carbons (Fsp3) is 0.200. The van der Waals surface area contributed by atoms with Crippen LogP contribution < -0.4 is 4.74 Å². The van der Waals surface area contributed by atoms with Gasteiger partial charge in [0.2, 0.25) is 0 Å². The lowest BCUT2D eigenvalue weighted by molar-refractivity contribution is 0.303. The molecule has 0 atom stereocenters. The first-order valence-electron chi connectivity index (χ1n) is 5.97. The van der Waals surface area contributed by atoms with Gasteiger partial charge in [-0.05, 0) is 48.2 Å². The molecule has 0 aromatic heterocycles.